The molecule has 0 saturated carbocycles. The van der Waals surface area contributed by atoms with Gasteiger partial charge in [-0.1, -0.05) is 62.4 Å². The molecular formula is C25H23NO4. The Bertz CT molecular complexity index is 1170. The zero-order valence-electron chi connectivity index (χ0n) is 17.1. The summed E-state index contributed by atoms with van der Waals surface area (Å²) in [6, 6.07) is 19.9. The number of aliphatic hydroxyl groups is 1. The van der Waals surface area contributed by atoms with Gasteiger partial charge < -0.3 is 9.84 Å². The van der Waals surface area contributed by atoms with Crippen molar-refractivity contribution < 1.29 is 19.4 Å². The van der Waals surface area contributed by atoms with Crippen LogP contribution >= 0.6 is 0 Å². The van der Waals surface area contributed by atoms with Crippen LogP contribution in [-0.2, 0) is 9.59 Å². The molecule has 0 saturated heterocycles. The molecule has 0 radical (unpaired) electrons. The Morgan fingerprint density at radius 1 is 1.03 bits per heavy atom. The zero-order valence-corrected chi connectivity index (χ0v) is 17.1. The van der Waals surface area contributed by atoms with Gasteiger partial charge in [-0.2, -0.15) is 0 Å². The van der Waals surface area contributed by atoms with Crippen molar-refractivity contribution in [2.45, 2.75) is 19.9 Å². The molecule has 5 nitrogen and oxygen atoms in total. The number of ketones is 1. The van der Waals surface area contributed by atoms with Gasteiger partial charge >= 0.3 is 0 Å². The molecule has 30 heavy (non-hydrogen) atoms. The second-order valence-corrected chi connectivity index (χ2v) is 7.63. The SMILES string of the molecule is COc1cccc(N2C(=O)C(O)=C(C(=O)C(C)C)C2c2cccc3ccccc23)c1. The monoisotopic (exact) mass is 401 g/mol. The van der Waals surface area contributed by atoms with Gasteiger partial charge in [0.15, 0.2) is 11.5 Å². The molecule has 1 atom stereocenters. The molecule has 1 aliphatic heterocycles. The fourth-order valence-electron chi connectivity index (χ4n) is 3.98. The zero-order chi connectivity index (χ0) is 21.4. The smallest absolute Gasteiger partial charge is 0.294 e. The number of ether oxygens (including phenoxy) is 1. The predicted molar refractivity (Wildman–Crippen MR) is 117 cm³/mol. The molecule has 3 aromatic carbocycles. The van der Waals surface area contributed by atoms with Gasteiger partial charge in [0.25, 0.3) is 5.91 Å². The van der Waals surface area contributed by atoms with E-state index >= 15 is 0 Å². The van der Waals surface area contributed by atoms with Gasteiger partial charge in [0, 0.05) is 17.7 Å². The molecule has 3 aromatic rings. The molecule has 1 aliphatic rings. The number of fused-ring (bicyclic) bond motifs is 1. The summed E-state index contributed by atoms with van der Waals surface area (Å²) in [6.45, 7) is 3.53. The average molecular weight is 401 g/mol. The summed E-state index contributed by atoms with van der Waals surface area (Å²) < 4.78 is 5.32. The van der Waals surface area contributed by atoms with E-state index in [4.69, 9.17) is 4.74 Å². The van der Waals surface area contributed by atoms with Crippen molar-refractivity contribution in [2.24, 2.45) is 5.92 Å². The lowest BCUT2D eigenvalue weighted by atomic mass is 9.88. The minimum Gasteiger partial charge on any atom is -0.503 e. The highest BCUT2D eigenvalue weighted by Gasteiger charge is 2.45. The van der Waals surface area contributed by atoms with Gasteiger partial charge in [-0.15, -0.1) is 0 Å². The minimum atomic E-state index is -0.731. The van der Waals surface area contributed by atoms with Gasteiger partial charge in [-0.3, -0.25) is 14.5 Å². The van der Waals surface area contributed by atoms with Crippen molar-refractivity contribution >= 4 is 28.2 Å². The number of benzene rings is 3. The van der Waals surface area contributed by atoms with Gasteiger partial charge in [-0.05, 0) is 28.5 Å². The summed E-state index contributed by atoms with van der Waals surface area (Å²) in [7, 11) is 1.55. The van der Waals surface area contributed by atoms with Crippen molar-refractivity contribution in [1.29, 1.82) is 0 Å². The second kappa shape index (κ2) is 7.67. The number of methoxy groups -OCH3 is 1. The first-order valence-electron chi connectivity index (χ1n) is 9.86. The molecule has 0 aliphatic carbocycles. The molecule has 0 aromatic heterocycles. The third kappa shape index (κ3) is 3.12. The van der Waals surface area contributed by atoms with Crippen molar-refractivity contribution in [2.75, 3.05) is 12.0 Å². The number of amides is 1. The Kier molecular flexibility index (Phi) is 5.04. The molecule has 4 rings (SSSR count). The van der Waals surface area contributed by atoms with Gasteiger partial charge in [0.1, 0.15) is 5.75 Å². The summed E-state index contributed by atoms with van der Waals surface area (Å²) in [5.74, 6) is -1.11. The van der Waals surface area contributed by atoms with Crippen molar-refractivity contribution in [1.82, 2.24) is 0 Å². The molecule has 0 fully saturated rings. The molecule has 1 unspecified atom stereocenters. The quantitative estimate of drug-likeness (QED) is 0.655. The van der Waals surface area contributed by atoms with Crippen molar-refractivity contribution in [3.05, 3.63) is 83.6 Å². The Morgan fingerprint density at radius 3 is 2.47 bits per heavy atom. The van der Waals surface area contributed by atoms with E-state index in [1.54, 1.807) is 45.2 Å². The highest BCUT2D eigenvalue weighted by molar-refractivity contribution is 6.17. The van der Waals surface area contributed by atoms with Crippen LogP contribution in [0.2, 0.25) is 0 Å². The highest BCUT2D eigenvalue weighted by atomic mass is 16.5. The third-order valence-electron chi connectivity index (χ3n) is 5.45. The lowest BCUT2D eigenvalue weighted by Gasteiger charge is -2.28. The largest absolute Gasteiger partial charge is 0.503 e. The van der Waals surface area contributed by atoms with E-state index in [2.05, 4.69) is 0 Å². The number of nitrogens with zero attached hydrogens (tertiary/aromatic N) is 1. The number of Topliss-reactive ketones (excluding diaryl/α,β-unsaturated/α-hetero) is 1. The van der Waals surface area contributed by atoms with Gasteiger partial charge in [-0.25, -0.2) is 0 Å². The molecule has 152 valence electrons. The topological polar surface area (TPSA) is 66.8 Å². The summed E-state index contributed by atoms with van der Waals surface area (Å²) in [5, 5.41) is 12.7. The van der Waals surface area contributed by atoms with Crippen LogP contribution in [-0.4, -0.2) is 23.9 Å². The molecule has 0 spiro atoms. The standard InChI is InChI=1S/C25H23NO4/c1-15(2)23(27)21-22(20-13-6-9-16-8-4-5-12-19(16)20)26(25(29)24(21)28)17-10-7-11-18(14-17)30-3/h4-15,22,28H,1-3H3. The van der Waals surface area contributed by atoms with E-state index < -0.39 is 17.7 Å². The van der Waals surface area contributed by atoms with Crippen LogP contribution in [0.15, 0.2) is 78.1 Å². The molecule has 1 heterocycles. The van der Waals surface area contributed by atoms with Crippen LogP contribution in [0, 0.1) is 5.92 Å². The van der Waals surface area contributed by atoms with Crippen molar-refractivity contribution in [3.8, 4) is 5.75 Å². The number of hydrogen-bond donors (Lipinski definition) is 1. The summed E-state index contributed by atoms with van der Waals surface area (Å²) in [4.78, 5) is 27.8. The van der Waals surface area contributed by atoms with E-state index in [0.717, 1.165) is 16.3 Å². The number of hydrogen-bond acceptors (Lipinski definition) is 4. The van der Waals surface area contributed by atoms with Crippen LogP contribution < -0.4 is 9.64 Å². The van der Waals surface area contributed by atoms with Crippen LogP contribution in [0.1, 0.15) is 25.5 Å². The maximum atomic E-state index is 13.2. The highest BCUT2D eigenvalue weighted by Crippen LogP contribution is 2.44. The van der Waals surface area contributed by atoms with E-state index in [0.29, 0.717) is 11.4 Å². The third-order valence-corrected chi connectivity index (χ3v) is 5.45. The first kappa shape index (κ1) is 19.7. The van der Waals surface area contributed by atoms with Gasteiger partial charge in [0.05, 0.1) is 18.7 Å². The molecule has 5 heteroatoms. The van der Waals surface area contributed by atoms with E-state index in [1.165, 1.54) is 4.90 Å². The first-order valence-corrected chi connectivity index (χ1v) is 9.86. The second-order valence-electron chi connectivity index (χ2n) is 7.63. The Morgan fingerprint density at radius 2 is 1.73 bits per heavy atom. The number of aliphatic hydroxyl groups excluding tert-OH is 1. The normalized spacial score (nSPS) is 16.6. The van der Waals surface area contributed by atoms with E-state index in [9.17, 15) is 14.7 Å². The van der Waals surface area contributed by atoms with Crippen LogP contribution in [0.4, 0.5) is 5.69 Å². The number of anilines is 1. The summed E-state index contributed by atoms with van der Waals surface area (Å²) in [6.07, 6.45) is 0. The lowest BCUT2D eigenvalue weighted by molar-refractivity contribution is -0.119. The predicted octanol–water partition coefficient (Wildman–Crippen LogP) is 4.97. The minimum absolute atomic E-state index is 0.133. The first-order chi connectivity index (χ1) is 14.4. The fraction of sp³-hybridized carbons (Fsp3) is 0.200. The summed E-state index contributed by atoms with van der Waals surface area (Å²) >= 11 is 0. The summed E-state index contributed by atoms with van der Waals surface area (Å²) in [5.41, 5.74) is 1.47. The number of rotatable bonds is 5. The van der Waals surface area contributed by atoms with E-state index in [-0.39, 0.29) is 17.3 Å². The molecule has 0 bridgehead atoms. The average Bonchev–Trinajstić information content (AvgIpc) is 3.03. The van der Waals surface area contributed by atoms with Crippen LogP contribution in [0.3, 0.4) is 0 Å². The number of carbonyl (C=O) groups excluding carboxylic acids is 2. The lowest BCUT2D eigenvalue weighted by Crippen LogP contribution is -2.31. The fourth-order valence-corrected chi connectivity index (χ4v) is 3.98. The maximum Gasteiger partial charge on any atom is 0.294 e. The Labute approximate surface area is 175 Å². The van der Waals surface area contributed by atoms with Crippen LogP contribution in [0.5, 0.6) is 5.75 Å². The molecular weight excluding hydrogens is 378 g/mol. The maximum absolute atomic E-state index is 13.2. The Hall–Kier alpha value is -3.60. The molecule has 1 N–H and O–H groups in total. The van der Waals surface area contributed by atoms with Gasteiger partial charge in [0.2, 0.25) is 0 Å². The molecule has 1 amide bonds. The Balaban J connectivity index is 1.98. The number of carbonyl (C=O) groups is 2. The van der Waals surface area contributed by atoms with E-state index in [1.807, 2.05) is 42.5 Å². The van der Waals surface area contributed by atoms with Crippen molar-refractivity contribution in [3.63, 3.8) is 0 Å². The van der Waals surface area contributed by atoms with Crippen LogP contribution in [0.25, 0.3) is 10.8 Å².